The van der Waals surface area contributed by atoms with E-state index in [1.54, 1.807) is 0 Å². The van der Waals surface area contributed by atoms with E-state index in [0.29, 0.717) is 0 Å². The monoisotopic (exact) mass is 260 g/mol. The minimum absolute atomic E-state index is 0.0527. The number of nitro groups is 1. The normalized spacial score (nSPS) is 9.89. The fourth-order valence-electron chi connectivity index (χ4n) is 1.35. The topological polar surface area (TPSA) is 118 Å². The molecule has 8 heteroatoms. The lowest BCUT2D eigenvalue weighted by atomic mass is 10.2. The summed E-state index contributed by atoms with van der Waals surface area (Å²) in [5.41, 5.74) is -0.117. The largest absolute Gasteiger partial charge is 0.506 e. The number of nitrogens with zero attached hydrogens (tertiary/aromatic N) is 3. The molecule has 0 spiro atoms. The lowest BCUT2D eigenvalue weighted by molar-refractivity contribution is -0.384. The van der Waals surface area contributed by atoms with Crippen molar-refractivity contribution >= 4 is 17.3 Å². The molecule has 19 heavy (non-hydrogen) atoms. The molecule has 0 bridgehead atoms. The van der Waals surface area contributed by atoms with Crippen LogP contribution < -0.4 is 5.32 Å². The van der Waals surface area contributed by atoms with Gasteiger partial charge in [0.1, 0.15) is 12.1 Å². The zero-order valence-corrected chi connectivity index (χ0v) is 9.48. The highest BCUT2D eigenvalue weighted by Gasteiger charge is 2.13. The maximum atomic E-state index is 11.8. The van der Waals surface area contributed by atoms with Crippen LogP contribution in [0.5, 0.6) is 5.75 Å². The number of carbonyl (C=O) groups excluding carboxylic acids is 1. The predicted octanol–water partition coefficient (Wildman–Crippen LogP) is 1.34. The van der Waals surface area contributed by atoms with Gasteiger partial charge >= 0.3 is 0 Å². The quantitative estimate of drug-likeness (QED) is 0.488. The summed E-state index contributed by atoms with van der Waals surface area (Å²) in [6.07, 6.45) is 3.84. The maximum Gasteiger partial charge on any atom is 0.271 e. The van der Waals surface area contributed by atoms with Gasteiger partial charge in [-0.25, -0.2) is 9.97 Å². The van der Waals surface area contributed by atoms with E-state index in [0.717, 1.165) is 18.2 Å². The first-order chi connectivity index (χ1) is 9.08. The van der Waals surface area contributed by atoms with Crippen LogP contribution in [0.15, 0.2) is 36.9 Å². The molecule has 0 atom stereocenters. The molecule has 1 amide bonds. The second kappa shape index (κ2) is 5.08. The minimum Gasteiger partial charge on any atom is -0.506 e. The highest BCUT2D eigenvalue weighted by atomic mass is 16.6. The molecule has 1 aromatic heterocycles. The van der Waals surface area contributed by atoms with Gasteiger partial charge in [0, 0.05) is 24.5 Å². The maximum absolute atomic E-state index is 11.8. The molecular weight excluding hydrogens is 252 g/mol. The van der Waals surface area contributed by atoms with Crippen molar-refractivity contribution in [1.29, 1.82) is 0 Å². The Kier molecular flexibility index (Phi) is 3.33. The summed E-state index contributed by atoms with van der Waals surface area (Å²) >= 11 is 0. The summed E-state index contributed by atoms with van der Waals surface area (Å²) in [5.74, 6) is -0.841. The van der Waals surface area contributed by atoms with Crippen LogP contribution in [-0.4, -0.2) is 25.9 Å². The second-order valence-corrected chi connectivity index (χ2v) is 3.54. The number of nitrogens with one attached hydrogen (secondary N) is 1. The highest BCUT2D eigenvalue weighted by Crippen LogP contribution is 2.28. The number of carbonyl (C=O) groups is 1. The number of benzene rings is 1. The Morgan fingerprint density at radius 1 is 1.32 bits per heavy atom. The molecule has 0 aliphatic heterocycles. The molecule has 0 radical (unpaired) electrons. The van der Waals surface area contributed by atoms with Gasteiger partial charge in [0.05, 0.1) is 16.2 Å². The summed E-state index contributed by atoms with van der Waals surface area (Å²) < 4.78 is 0. The van der Waals surface area contributed by atoms with Crippen molar-refractivity contribution in [3.63, 3.8) is 0 Å². The first kappa shape index (κ1) is 12.4. The molecule has 0 fully saturated rings. The number of hydrogen-bond donors (Lipinski definition) is 2. The van der Waals surface area contributed by atoms with Gasteiger partial charge in [0.2, 0.25) is 0 Å². The number of phenols is 1. The molecule has 0 aliphatic rings. The van der Waals surface area contributed by atoms with Gasteiger partial charge in [-0.3, -0.25) is 14.9 Å². The van der Waals surface area contributed by atoms with Crippen molar-refractivity contribution in [2.75, 3.05) is 5.32 Å². The number of hydrogen-bond acceptors (Lipinski definition) is 6. The SMILES string of the molecule is O=C(Nc1cc([N+](=O)[O-])ccc1O)c1cncnc1. The Balaban J connectivity index is 2.26. The van der Waals surface area contributed by atoms with Gasteiger partial charge in [-0.15, -0.1) is 0 Å². The van der Waals surface area contributed by atoms with Crippen LogP contribution in [-0.2, 0) is 0 Å². The van der Waals surface area contributed by atoms with Crippen molar-refractivity contribution in [3.8, 4) is 5.75 Å². The van der Waals surface area contributed by atoms with Crippen LogP contribution in [0.4, 0.5) is 11.4 Å². The number of rotatable bonds is 3. The molecule has 96 valence electrons. The lowest BCUT2D eigenvalue weighted by Gasteiger charge is -2.06. The van der Waals surface area contributed by atoms with Gasteiger partial charge in [0.15, 0.2) is 0 Å². The standard InChI is InChI=1S/C11H8N4O4/c16-10-2-1-8(15(18)19)3-9(10)14-11(17)7-4-12-6-13-5-7/h1-6,16H,(H,14,17). The van der Waals surface area contributed by atoms with Gasteiger partial charge in [-0.05, 0) is 6.07 Å². The van der Waals surface area contributed by atoms with Crippen LogP contribution in [0.1, 0.15) is 10.4 Å². The minimum atomic E-state index is -0.624. The summed E-state index contributed by atoms with van der Waals surface area (Å²) in [5, 5.41) is 22.5. The Morgan fingerprint density at radius 3 is 2.63 bits per heavy atom. The van der Waals surface area contributed by atoms with Crippen LogP contribution in [0.2, 0.25) is 0 Å². The second-order valence-electron chi connectivity index (χ2n) is 3.54. The molecule has 0 saturated carbocycles. The fourth-order valence-corrected chi connectivity index (χ4v) is 1.35. The molecular formula is C11H8N4O4. The summed E-state index contributed by atoms with van der Waals surface area (Å²) in [6.45, 7) is 0. The van der Waals surface area contributed by atoms with E-state index in [4.69, 9.17) is 0 Å². The van der Waals surface area contributed by atoms with Crippen molar-refractivity contribution in [2.24, 2.45) is 0 Å². The number of non-ortho nitro benzene ring substituents is 1. The van der Waals surface area contributed by atoms with Crippen LogP contribution >= 0.6 is 0 Å². The van der Waals surface area contributed by atoms with Crippen LogP contribution in [0.3, 0.4) is 0 Å². The molecule has 2 rings (SSSR count). The fraction of sp³-hybridized carbons (Fsp3) is 0. The molecule has 0 unspecified atom stereocenters. The Morgan fingerprint density at radius 2 is 2.00 bits per heavy atom. The third-order valence-corrected chi connectivity index (χ3v) is 2.26. The summed E-state index contributed by atoms with van der Waals surface area (Å²) in [4.78, 5) is 29.1. The molecule has 2 aromatic rings. The average molecular weight is 260 g/mol. The van der Waals surface area contributed by atoms with Crippen LogP contribution in [0.25, 0.3) is 0 Å². The molecule has 0 aliphatic carbocycles. The van der Waals surface area contributed by atoms with Crippen molar-refractivity contribution in [1.82, 2.24) is 9.97 Å². The van der Waals surface area contributed by atoms with E-state index >= 15 is 0 Å². The predicted molar refractivity (Wildman–Crippen MR) is 64.7 cm³/mol. The van der Waals surface area contributed by atoms with Crippen molar-refractivity contribution in [3.05, 3.63) is 52.6 Å². The molecule has 2 N–H and O–H groups in total. The number of anilines is 1. The van der Waals surface area contributed by atoms with E-state index in [1.165, 1.54) is 18.7 Å². The Bertz CT molecular complexity index is 630. The van der Waals surface area contributed by atoms with Crippen molar-refractivity contribution in [2.45, 2.75) is 0 Å². The van der Waals surface area contributed by atoms with Crippen molar-refractivity contribution < 1.29 is 14.8 Å². The van der Waals surface area contributed by atoms with Gasteiger partial charge < -0.3 is 10.4 Å². The number of nitro benzene ring substituents is 1. The third kappa shape index (κ3) is 2.80. The summed E-state index contributed by atoms with van der Waals surface area (Å²) in [6, 6.07) is 3.34. The van der Waals surface area contributed by atoms with E-state index in [2.05, 4.69) is 15.3 Å². The molecule has 8 nitrogen and oxygen atoms in total. The number of amides is 1. The highest BCUT2D eigenvalue weighted by molar-refractivity contribution is 6.04. The molecule has 1 heterocycles. The Labute approximate surface area is 106 Å². The Hall–Kier alpha value is -3.03. The van der Waals surface area contributed by atoms with E-state index < -0.39 is 10.8 Å². The number of aromatic nitrogens is 2. The smallest absolute Gasteiger partial charge is 0.271 e. The first-order valence-corrected chi connectivity index (χ1v) is 5.11. The molecule has 1 aromatic carbocycles. The average Bonchev–Trinajstić information content (AvgIpc) is 2.42. The van der Waals surface area contributed by atoms with Gasteiger partial charge in [-0.2, -0.15) is 0 Å². The zero-order valence-electron chi connectivity index (χ0n) is 9.48. The van der Waals surface area contributed by atoms with E-state index in [-0.39, 0.29) is 22.7 Å². The third-order valence-electron chi connectivity index (χ3n) is 2.26. The van der Waals surface area contributed by atoms with E-state index in [1.807, 2.05) is 0 Å². The summed E-state index contributed by atoms with van der Waals surface area (Å²) in [7, 11) is 0. The zero-order chi connectivity index (χ0) is 13.8. The van der Waals surface area contributed by atoms with Gasteiger partial charge in [-0.1, -0.05) is 0 Å². The molecule has 0 saturated heterocycles. The van der Waals surface area contributed by atoms with E-state index in [9.17, 15) is 20.0 Å². The van der Waals surface area contributed by atoms with Gasteiger partial charge in [0.25, 0.3) is 11.6 Å². The first-order valence-electron chi connectivity index (χ1n) is 5.11. The number of phenolic OH excluding ortho intramolecular Hbond substituents is 1. The lowest BCUT2D eigenvalue weighted by Crippen LogP contribution is -2.12. The van der Waals surface area contributed by atoms with Crippen LogP contribution in [0, 0.1) is 10.1 Å². The number of aromatic hydroxyl groups is 1.